The van der Waals surface area contributed by atoms with E-state index in [1.54, 1.807) is 0 Å². The lowest BCUT2D eigenvalue weighted by molar-refractivity contribution is 0.306. The summed E-state index contributed by atoms with van der Waals surface area (Å²) in [6.07, 6.45) is 12.6. The van der Waals surface area contributed by atoms with Gasteiger partial charge in [-0.1, -0.05) is 58.4 Å². The fraction of sp³-hybridized carbons (Fsp3) is 0.441. The maximum atomic E-state index is 6.41. The van der Waals surface area contributed by atoms with Crippen molar-refractivity contribution in [2.45, 2.75) is 74.1 Å². The van der Waals surface area contributed by atoms with E-state index in [2.05, 4.69) is 99.1 Å². The summed E-state index contributed by atoms with van der Waals surface area (Å²) >= 11 is 0. The maximum Gasteiger partial charge on any atom is 0.177 e. The van der Waals surface area contributed by atoms with Crippen molar-refractivity contribution in [1.29, 1.82) is 0 Å². The van der Waals surface area contributed by atoms with Crippen LogP contribution in [-0.2, 0) is 6.42 Å². The van der Waals surface area contributed by atoms with Gasteiger partial charge in [0, 0.05) is 29.6 Å². The van der Waals surface area contributed by atoms with Gasteiger partial charge in [-0.3, -0.25) is 4.99 Å². The molecule has 0 bridgehead atoms. The number of pyridine rings is 1. The third-order valence-corrected chi connectivity index (χ3v) is 7.86. The predicted molar refractivity (Wildman–Crippen MR) is 162 cm³/mol. The van der Waals surface area contributed by atoms with Gasteiger partial charge in [0.05, 0.1) is 12.1 Å². The second kappa shape index (κ2) is 11.0. The third kappa shape index (κ3) is 6.08. The van der Waals surface area contributed by atoms with Gasteiger partial charge in [0.15, 0.2) is 5.65 Å². The molecule has 0 saturated heterocycles. The molecule has 1 unspecified atom stereocenters. The molecular weight excluding hydrogens is 480 g/mol. The summed E-state index contributed by atoms with van der Waals surface area (Å²) in [5.74, 6) is 2.75. The van der Waals surface area contributed by atoms with Crippen LogP contribution in [0.5, 0.6) is 5.75 Å². The second-order valence-electron chi connectivity index (χ2n) is 12.4. The van der Waals surface area contributed by atoms with Crippen LogP contribution in [0.25, 0.3) is 22.3 Å². The van der Waals surface area contributed by atoms with Crippen LogP contribution in [0, 0.1) is 24.2 Å². The number of H-pyrrole nitrogens is 1. The predicted octanol–water partition coefficient (Wildman–Crippen LogP) is 8.57. The van der Waals surface area contributed by atoms with Crippen LogP contribution in [0.2, 0.25) is 0 Å². The number of aryl methyl sites for hydroxylation is 1. The molecule has 2 aromatic heterocycles. The number of imidazole rings is 1. The first kappa shape index (κ1) is 27.1. The largest absolute Gasteiger partial charge is 0.493 e. The van der Waals surface area contributed by atoms with Crippen LogP contribution in [0.4, 0.5) is 0 Å². The third-order valence-electron chi connectivity index (χ3n) is 7.86. The lowest BCUT2D eigenvalue weighted by atomic mass is 9.75. The van der Waals surface area contributed by atoms with E-state index < -0.39 is 0 Å². The minimum absolute atomic E-state index is 0.160. The molecule has 5 nitrogen and oxygen atoms in total. The quantitative estimate of drug-likeness (QED) is 0.301. The lowest BCUT2D eigenvalue weighted by Gasteiger charge is -2.29. The summed E-state index contributed by atoms with van der Waals surface area (Å²) in [4.78, 5) is 17.3. The molecule has 1 aliphatic carbocycles. The summed E-state index contributed by atoms with van der Waals surface area (Å²) in [6, 6.07) is 8.66. The number of aromatic nitrogens is 3. The summed E-state index contributed by atoms with van der Waals surface area (Å²) in [5, 5.41) is 0. The molecule has 0 amide bonds. The van der Waals surface area contributed by atoms with Crippen LogP contribution < -0.4 is 4.74 Å². The van der Waals surface area contributed by atoms with E-state index in [1.165, 1.54) is 28.0 Å². The number of fused-ring (bicyclic) bond motifs is 2. The van der Waals surface area contributed by atoms with Gasteiger partial charge in [0.2, 0.25) is 0 Å². The number of aliphatic imine (C=N–C) groups is 1. The normalized spacial score (nSPS) is 18.7. The standard InChI is InChI=1S/C34H42N4O/c1-21(2)15-26-16-25(27-17-31-33(36-20-27)38-24(5)37-31)10-11-32(26)39-14-8-9-30-29-18-34(6,7)13-12-28(29)23(4)22(3)19-35-30/h10-13,16-17,19-22H,8-9,14-15,18H2,1-7H3,(H,36,37,38). The highest BCUT2D eigenvalue weighted by Crippen LogP contribution is 2.42. The van der Waals surface area contributed by atoms with Crippen LogP contribution >= 0.6 is 0 Å². The first-order valence-electron chi connectivity index (χ1n) is 14.3. The topological polar surface area (TPSA) is 63.2 Å². The fourth-order valence-corrected chi connectivity index (χ4v) is 5.60. The minimum Gasteiger partial charge on any atom is -0.493 e. The maximum absolute atomic E-state index is 6.41. The van der Waals surface area contributed by atoms with Gasteiger partial charge >= 0.3 is 0 Å². The SMILES string of the molecule is CC1=C2C=CC(C)(C)CC2=C(CCCOc2ccc(-c3cnc4nc(C)[nH]c4c3)cc2CC(C)C)N=CC1C. The Bertz CT molecular complexity index is 1500. The Morgan fingerprint density at radius 2 is 1.95 bits per heavy atom. The van der Waals surface area contributed by atoms with E-state index in [9.17, 15) is 0 Å². The van der Waals surface area contributed by atoms with E-state index >= 15 is 0 Å². The van der Waals surface area contributed by atoms with Gasteiger partial charge < -0.3 is 9.72 Å². The van der Waals surface area contributed by atoms with Gasteiger partial charge in [-0.25, -0.2) is 9.97 Å². The molecule has 5 rings (SSSR count). The second-order valence-corrected chi connectivity index (χ2v) is 12.4. The molecule has 204 valence electrons. The zero-order chi connectivity index (χ0) is 27.7. The highest BCUT2D eigenvalue weighted by atomic mass is 16.5. The molecule has 1 atom stereocenters. The number of nitrogens with zero attached hydrogens (tertiary/aromatic N) is 3. The molecule has 39 heavy (non-hydrogen) atoms. The number of allylic oxidation sites excluding steroid dienone is 6. The van der Waals surface area contributed by atoms with Gasteiger partial charge in [-0.05, 0) is 91.3 Å². The molecule has 1 N–H and O–H groups in total. The van der Waals surface area contributed by atoms with Crippen LogP contribution in [-0.4, -0.2) is 27.8 Å². The van der Waals surface area contributed by atoms with E-state index in [4.69, 9.17) is 9.73 Å². The Hall–Kier alpha value is -3.47. The van der Waals surface area contributed by atoms with E-state index in [-0.39, 0.29) is 5.41 Å². The molecule has 0 saturated carbocycles. The van der Waals surface area contributed by atoms with E-state index in [0.29, 0.717) is 18.4 Å². The van der Waals surface area contributed by atoms with Crippen LogP contribution in [0.3, 0.4) is 0 Å². The molecule has 0 spiro atoms. The van der Waals surface area contributed by atoms with Gasteiger partial charge in [-0.15, -0.1) is 0 Å². The summed E-state index contributed by atoms with van der Waals surface area (Å²) in [5.41, 5.74) is 10.8. The zero-order valence-corrected chi connectivity index (χ0v) is 24.6. The number of benzene rings is 1. The highest BCUT2D eigenvalue weighted by molar-refractivity contribution is 5.78. The van der Waals surface area contributed by atoms with Crippen molar-refractivity contribution in [3.63, 3.8) is 0 Å². The number of nitrogens with one attached hydrogen (secondary N) is 1. The molecule has 5 heteroatoms. The Morgan fingerprint density at radius 3 is 2.74 bits per heavy atom. The van der Waals surface area contributed by atoms with Crippen LogP contribution in [0.1, 0.15) is 72.2 Å². The van der Waals surface area contributed by atoms with Crippen molar-refractivity contribution in [3.05, 3.63) is 76.4 Å². The molecular formula is C34H42N4O. The minimum atomic E-state index is 0.160. The smallest absolute Gasteiger partial charge is 0.177 e. The highest BCUT2D eigenvalue weighted by Gasteiger charge is 2.28. The van der Waals surface area contributed by atoms with E-state index in [0.717, 1.165) is 59.5 Å². The van der Waals surface area contributed by atoms with Crippen molar-refractivity contribution in [1.82, 2.24) is 15.0 Å². The Kier molecular flexibility index (Phi) is 7.61. The first-order chi connectivity index (χ1) is 18.6. The summed E-state index contributed by atoms with van der Waals surface area (Å²) in [6.45, 7) is 16.3. The van der Waals surface area contributed by atoms with Crippen molar-refractivity contribution in [3.8, 4) is 16.9 Å². The average Bonchev–Trinajstić information content (AvgIpc) is 3.21. The molecule has 1 aromatic carbocycles. The summed E-state index contributed by atoms with van der Waals surface area (Å²) < 4.78 is 6.41. The van der Waals surface area contributed by atoms with Gasteiger partial charge in [0.25, 0.3) is 0 Å². The van der Waals surface area contributed by atoms with Crippen molar-refractivity contribution in [2.75, 3.05) is 6.61 Å². The number of ether oxygens (including phenoxy) is 1. The Morgan fingerprint density at radius 1 is 1.13 bits per heavy atom. The molecule has 2 aliphatic rings. The fourth-order valence-electron chi connectivity index (χ4n) is 5.60. The Labute approximate surface area is 233 Å². The number of hydrogen-bond donors (Lipinski definition) is 1. The lowest BCUT2D eigenvalue weighted by Crippen LogP contribution is -2.16. The molecule has 1 aliphatic heterocycles. The number of hydrogen-bond acceptors (Lipinski definition) is 4. The average molecular weight is 523 g/mol. The zero-order valence-electron chi connectivity index (χ0n) is 24.6. The van der Waals surface area contributed by atoms with Gasteiger partial charge in [-0.2, -0.15) is 0 Å². The van der Waals surface area contributed by atoms with Gasteiger partial charge in [0.1, 0.15) is 11.6 Å². The van der Waals surface area contributed by atoms with Crippen molar-refractivity contribution >= 4 is 17.4 Å². The Balaban J connectivity index is 1.32. The molecule has 3 heterocycles. The number of aromatic amines is 1. The first-order valence-corrected chi connectivity index (χ1v) is 14.3. The summed E-state index contributed by atoms with van der Waals surface area (Å²) in [7, 11) is 0. The van der Waals surface area contributed by atoms with Crippen LogP contribution in [0.15, 0.2) is 70.0 Å². The molecule has 3 aromatic rings. The van der Waals surface area contributed by atoms with Crippen molar-refractivity contribution in [2.24, 2.45) is 22.2 Å². The monoisotopic (exact) mass is 522 g/mol. The van der Waals surface area contributed by atoms with Crippen molar-refractivity contribution < 1.29 is 4.74 Å². The molecule has 0 fully saturated rings. The van der Waals surface area contributed by atoms with E-state index in [1.807, 2.05) is 13.1 Å². The number of rotatable bonds is 8. The molecule has 0 radical (unpaired) electrons.